The van der Waals surface area contributed by atoms with Crippen LogP contribution in [0.15, 0.2) is 55.0 Å². The lowest BCUT2D eigenvalue weighted by molar-refractivity contribution is 0.0929. The first-order valence-electron chi connectivity index (χ1n) is 8.15. The Kier molecular flexibility index (Phi) is 3.92. The molecule has 1 aromatic carbocycles. The summed E-state index contributed by atoms with van der Waals surface area (Å²) in [6.45, 7) is 1.86. The Morgan fingerprint density at radius 1 is 1.12 bits per heavy atom. The molecule has 0 saturated carbocycles. The molecule has 0 fully saturated rings. The van der Waals surface area contributed by atoms with E-state index in [1.54, 1.807) is 22.9 Å². The molecule has 130 valence electrons. The molecule has 4 aromatic rings. The van der Waals surface area contributed by atoms with Gasteiger partial charge in [0.2, 0.25) is 5.82 Å². The number of amides is 1. The van der Waals surface area contributed by atoms with Gasteiger partial charge in [-0.15, -0.1) is 10.2 Å². The Morgan fingerprint density at radius 2 is 1.92 bits per heavy atom. The number of aryl methyl sites for hydroxylation is 2. The van der Waals surface area contributed by atoms with Crippen molar-refractivity contribution in [2.45, 2.75) is 13.0 Å². The molecule has 0 aliphatic rings. The van der Waals surface area contributed by atoms with Gasteiger partial charge in [0.05, 0.1) is 0 Å². The number of carbonyl (C=O) groups is 1. The number of hydrogen-bond acceptors (Lipinski definition) is 5. The highest BCUT2D eigenvalue weighted by Crippen LogP contribution is 2.20. The van der Waals surface area contributed by atoms with Crippen LogP contribution < -0.4 is 5.32 Å². The summed E-state index contributed by atoms with van der Waals surface area (Å²) in [5.41, 5.74) is 1.74. The zero-order valence-corrected chi connectivity index (χ0v) is 14.4. The fourth-order valence-electron chi connectivity index (χ4n) is 2.82. The quantitative estimate of drug-likeness (QED) is 0.607. The first-order valence-corrected chi connectivity index (χ1v) is 8.15. The Hall–Kier alpha value is -3.55. The molecule has 3 aromatic heterocycles. The topological polar surface area (TPSA) is 90.0 Å². The van der Waals surface area contributed by atoms with Crippen LogP contribution in [0.4, 0.5) is 0 Å². The smallest absolute Gasteiger partial charge is 0.290 e. The van der Waals surface area contributed by atoms with E-state index < -0.39 is 6.04 Å². The molecule has 4 rings (SSSR count). The standard InChI is InChI=1S/C18H17N7O/c1-12-8-10-25-16(22-23-18(25)20-12)17(26)21-14(13-6-4-3-5-7-13)15-19-9-11-24(15)2/h3-11,14H,1-2H3,(H,21,26). The molecule has 0 aliphatic heterocycles. The summed E-state index contributed by atoms with van der Waals surface area (Å²) in [5.74, 6) is 0.957. The van der Waals surface area contributed by atoms with Crippen molar-refractivity contribution in [2.24, 2.45) is 7.05 Å². The normalized spacial score (nSPS) is 12.2. The molecule has 8 nitrogen and oxygen atoms in total. The van der Waals surface area contributed by atoms with Crippen LogP contribution in [-0.2, 0) is 7.05 Å². The van der Waals surface area contributed by atoms with E-state index in [9.17, 15) is 4.79 Å². The zero-order valence-electron chi connectivity index (χ0n) is 14.4. The van der Waals surface area contributed by atoms with E-state index in [-0.39, 0.29) is 11.7 Å². The number of rotatable bonds is 4. The second-order valence-corrected chi connectivity index (χ2v) is 5.98. The van der Waals surface area contributed by atoms with E-state index in [0.717, 1.165) is 17.1 Å². The third-order valence-corrected chi connectivity index (χ3v) is 4.15. The van der Waals surface area contributed by atoms with E-state index in [0.29, 0.717) is 5.78 Å². The average molecular weight is 347 g/mol. The second kappa shape index (κ2) is 6.40. The summed E-state index contributed by atoms with van der Waals surface area (Å²) < 4.78 is 3.45. The number of fused-ring (bicyclic) bond motifs is 1. The van der Waals surface area contributed by atoms with Gasteiger partial charge in [-0.05, 0) is 18.6 Å². The highest BCUT2D eigenvalue weighted by Gasteiger charge is 2.24. The largest absolute Gasteiger partial charge is 0.336 e. The number of hydrogen-bond donors (Lipinski definition) is 1. The van der Waals surface area contributed by atoms with Gasteiger partial charge in [0.15, 0.2) is 0 Å². The van der Waals surface area contributed by atoms with Gasteiger partial charge >= 0.3 is 0 Å². The maximum Gasteiger partial charge on any atom is 0.290 e. The van der Waals surface area contributed by atoms with E-state index in [4.69, 9.17) is 0 Å². The molecule has 0 aliphatic carbocycles. The first-order chi connectivity index (χ1) is 12.6. The van der Waals surface area contributed by atoms with Crippen LogP contribution >= 0.6 is 0 Å². The predicted molar refractivity (Wildman–Crippen MR) is 94.5 cm³/mol. The third-order valence-electron chi connectivity index (χ3n) is 4.15. The van der Waals surface area contributed by atoms with Crippen molar-refractivity contribution >= 4 is 11.7 Å². The molecule has 0 radical (unpaired) electrons. The number of aromatic nitrogens is 6. The molecule has 1 unspecified atom stereocenters. The Balaban J connectivity index is 1.71. The SMILES string of the molecule is Cc1ccn2c(C(=O)NC(c3ccccc3)c3nccn3C)nnc2n1. The molecule has 3 heterocycles. The lowest BCUT2D eigenvalue weighted by atomic mass is 10.1. The van der Waals surface area contributed by atoms with Gasteiger partial charge in [-0.2, -0.15) is 0 Å². The Morgan fingerprint density at radius 3 is 2.65 bits per heavy atom. The molecule has 1 atom stereocenters. The second-order valence-electron chi connectivity index (χ2n) is 5.98. The minimum absolute atomic E-state index is 0.183. The van der Waals surface area contributed by atoms with Gasteiger partial charge in [0.1, 0.15) is 11.9 Å². The average Bonchev–Trinajstić information content (AvgIpc) is 3.26. The third kappa shape index (κ3) is 2.81. The summed E-state index contributed by atoms with van der Waals surface area (Å²) in [6, 6.07) is 11.1. The van der Waals surface area contributed by atoms with Gasteiger partial charge in [-0.25, -0.2) is 9.97 Å². The van der Waals surface area contributed by atoms with Crippen LogP contribution in [-0.4, -0.2) is 35.0 Å². The Labute approximate surface area is 149 Å². The minimum atomic E-state index is -0.408. The molecule has 0 saturated heterocycles. The number of imidazole rings is 1. The number of nitrogens with one attached hydrogen (secondary N) is 1. The maximum atomic E-state index is 12.9. The fourth-order valence-corrected chi connectivity index (χ4v) is 2.82. The fraction of sp³-hybridized carbons (Fsp3) is 0.167. The molecule has 8 heteroatoms. The molecular weight excluding hydrogens is 330 g/mol. The monoisotopic (exact) mass is 347 g/mol. The van der Waals surface area contributed by atoms with Crippen molar-refractivity contribution in [2.75, 3.05) is 0 Å². The van der Waals surface area contributed by atoms with Crippen LogP contribution in [0.2, 0.25) is 0 Å². The van der Waals surface area contributed by atoms with Gasteiger partial charge in [-0.3, -0.25) is 9.20 Å². The zero-order chi connectivity index (χ0) is 18.1. The van der Waals surface area contributed by atoms with Gasteiger partial charge in [0, 0.05) is 31.3 Å². The molecule has 0 spiro atoms. The van der Waals surface area contributed by atoms with E-state index in [1.807, 2.05) is 55.1 Å². The summed E-state index contributed by atoms with van der Waals surface area (Å²) in [7, 11) is 1.89. The first kappa shape index (κ1) is 15.9. The van der Waals surface area contributed by atoms with Crippen LogP contribution in [0.1, 0.15) is 33.7 Å². The van der Waals surface area contributed by atoms with Crippen molar-refractivity contribution in [1.82, 2.24) is 34.4 Å². The number of nitrogens with zero attached hydrogens (tertiary/aromatic N) is 6. The summed E-state index contributed by atoms with van der Waals surface area (Å²) in [6.07, 6.45) is 5.29. The van der Waals surface area contributed by atoms with E-state index in [2.05, 4.69) is 25.5 Å². The Bertz CT molecular complexity index is 1070. The lowest BCUT2D eigenvalue weighted by Gasteiger charge is -2.18. The van der Waals surface area contributed by atoms with Gasteiger partial charge in [0.25, 0.3) is 11.7 Å². The van der Waals surface area contributed by atoms with Crippen LogP contribution in [0.25, 0.3) is 5.78 Å². The molecule has 0 bridgehead atoms. The minimum Gasteiger partial charge on any atom is -0.336 e. The van der Waals surface area contributed by atoms with Crippen molar-refractivity contribution in [1.29, 1.82) is 0 Å². The van der Waals surface area contributed by atoms with Crippen molar-refractivity contribution in [3.63, 3.8) is 0 Å². The maximum absolute atomic E-state index is 12.9. The van der Waals surface area contributed by atoms with Gasteiger partial charge < -0.3 is 9.88 Å². The summed E-state index contributed by atoms with van der Waals surface area (Å²) >= 11 is 0. The highest BCUT2D eigenvalue weighted by atomic mass is 16.2. The predicted octanol–water partition coefficient (Wildman–Crippen LogP) is 1.69. The van der Waals surface area contributed by atoms with Crippen molar-refractivity contribution in [3.05, 3.63) is 77.9 Å². The van der Waals surface area contributed by atoms with Crippen LogP contribution in [0, 0.1) is 6.92 Å². The van der Waals surface area contributed by atoms with Crippen molar-refractivity contribution in [3.8, 4) is 0 Å². The number of carbonyl (C=O) groups excluding carboxylic acids is 1. The highest BCUT2D eigenvalue weighted by molar-refractivity contribution is 5.91. The lowest BCUT2D eigenvalue weighted by Crippen LogP contribution is -2.32. The molecule has 1 N–H and O–H groups in total. The summed E-state index contributed by atoms with van der Waals surface area (Å²) in [5, 5.41) is 11.0. The molecule has 26 heavy (non-hydrogen) atoms. The van der Waals surface area contributed by atoms with Crippen LogP contribution in [0.5, 0.6) is 0 Å². The molecular formula is C18H17N7O. The van der Waals surface area contributed by atoms with Crippen molar-refractivity contribution < 1.29 is 4.79 Å². The van der Waals surface area contributed by atoms with Crippen LogP contribution in [0.3, 0.4) is 0 Å². The van der Waals surface area contributed by atoms with Gasteiger partial charge in [-0.1, -0.05) is 30.3 Å². The number of benzene rings is 1. The van der Waals surface area contributed by atoms with E-state index in [1.165, 1.54) is 0 Å². The van der Waals surface area contributed by atoms with E-state index >= 15 is 0 Å². The summed E-state index contributed by atoms with van der Waals surface area (Å²) in [4.78, 5) is 21.6. The molecule has 1 amide bonds.